The van der Waals surface area contributed by atoms with Crippen molar-refractivity contribution in [1.29, 1.82) is 0 Å². The molecule has 0 radical (unpaired) electrons. The second-order valence-corrected chi connectivity index (χ2v) is 4.40. The summed E-state index contributed by atoms with van der Waals surface area (Å²) in [5, 5.41) is 3.19. The van der Waals surface area contributed by atoms with Crippen LogP contribution in [0, 0.1) is 0 Å². The van der Waals surface area contributed by atoms with Crippen LogP contribution in [0.25, 0.3) is 0 Å². The highest BCUT2D eigenvalue weighted by molar-refractivity contribution is 5.85. The number of carbonyl (C=O) groups excluding carboxylic acids is 1. The standard InChI is InChI=1S/C14H20N2O2.ClH/c1-2-16(11-12-6-4-3-5-7-12)14(17)13-10-15-8-9-18-13;/h3-7,13,15H,2,8-11H2,1H3;1H. The number of nitrogens with one attached hydrogen (secondary N) is 1. The predicted octanol–water partition coefficient (Wildman–Crippen LogP) is 1.45. The Hall–Kier alpha value is -1.10. The Labute approximate surface area is 120 Å². The largest absolute Gasteiger partial charge is 0.366 e. The Morgan fingerprint density at radius 2 is 2.16 bits per heavy atom. The topological polar surface area (TPSA) is 41.6 Å². The smallest absolute Gasteiger partial charge is 0.253 e. The normalized spacial score (nSPS) is 18.5. The molecular weight excluding hydrogens is 264 g/mol. The van der Waals surface area contributed by atoms with E-state index in [1.54, 1.807) is 0 Å². The molecule has 5 heteroatoms. The number of halogens is 1. The van der Waals surface area contributed by atoms with Crippen LogP contribution < -0.4 is 5.32 Å². The number of likely N-dealkylation sites (N-methyl/N-ethyl adjacent to an activating group) is 1. The summed E-state index contributed by atoms with van der Waals surface area (Å²) in [6, 6.07) is 10.0. The van der Waals surface area contributed by atoms with Gasteiger partial charge < -0.3 is 15.0 Å². The summed E-state index contributed by atoms with van der Waals surface area (Å²) in [7, 11) is 0. The minimum Gasteiger partial charge on any atom is -0.366 e. The van der Waals surface area contributed by atoms with Crippen LogP contribution in [0.4, 0.5) is 0 Å². The van der Waals surface area contributed by atoms with Crippen LogP contribution in [0.3, 0.4) is 0 Å². The zero-order chi connectivity index (χ0) is 12.8. The zero-order valence-corrected chi connectivity index (χ0v) is 12.0. The quantitative estimate of drug-likeness (QED) is 0.910. The Morgan fingerprint density at radius 3 is 2.74 bits per heavy atom. The van der Waals surface area contributed by atoms with E-state index in [0.717, 1.165) is 12.1 Å². The molecule has 2 rings (SSSR count). The van der Waals surface area contributed by atoms with Gasteiger partial charge in [0.15, 0.2) is 0 Å². The molecule has 1 fully saturated rings. The van der Waals surface area contributed by atoms with Crippen LogP contribution in [0.15, 0.2) is 30.3 Å². The van der Waals surface area contributed by atoms with Crippen LogP contribution in [-0.4, -0.2) is 43.2 Å². The second kappa shape index (κ2) is 8.15. The average Bonchev–Trinajstić information content (AvgIpc) is 2.46. The molecule has 1 unspecified atom stereocenters. The van der Waals surface area contributed by atoms with Gasteiger partial charge in [-0.25, -0.2) is 0 Å². The molecule has 0 aromatic heterocycles. The van der Waals surface area contributed by atoms with E-state index in [1.807, 2.05) is 42.2 Å². The molecule has 1 amide bonds. The van der Waals surface area contributed by atoms with Gasteiger partial charge in [0.05, 0.1) is 6.61 Å². The van der Waals surface area contributed by atoms with Crippen molar-refractivity contribution in [2.75, 3.05) is 26.2 Å². The first-order valence-electron chi connectivity index (χ1n) is 6.46. The summed E-state index contributed by atoms with van der Waals surface area (Å²) in [6.45, 7) is 5.40. The van der Waals surface area contributed by atoms with Crippen LogP contribution in [-0.2, 0) is 16.1 Å². The highest BCUT2D eigenvalue weighted by Gasteiger charge is 2.25. The van der Waals surface area contributed by atoms with Crippen molar-refractivity contribution in [3.8, 4) is 0 Å². The van der Waals surface area contributed by atoms with Crippen molar-refractivity contribution in [2.45, 2.75) is 19.6 Å². The van der Waals surface area contributed by atoms with E-state index >= 15 is 0 Å². The highest BCUT2D eigenvalue weighted by atomic mass is 35.5. The van der Waals surface area contributed by atoms with Gasteiger partial charge in [0.25, 0.3) is 5.91 Å². The van der Waals surface area contributed by atoms with Gasteiger partial charge in [0.2, 0.25) is 0 Å². The van der Waals surface area contributed by atoms with Gasteiger partial charge in [-0.15, -0.1) is 12.4 Å². The Kier molecular flexibility index (Phi) is 6.84. The van der Waals surface area contributed by atoms with E-state index in [2.05, 4.69) is 5.32 Å². The number of hydrogen-bond donors (Lipinski definition) is 1. The van der Waals surface area contributed by atoms with Gasteiger partial charge in [0, 0.05) is 26.2 Å². The first-order valence-corrected chi connectivity index (χ1v) is 6.46. The zero-order valence-electron chi connectivity index (χ0n) is 11.2. The van der Waals surface area contributed by atoms with Gasteiger partial charge in [0.1, 0.15) is 6.10 Å². The van der Waals surface area contributed by atoms with Crippen molar-refractivity contribution in [1.82, 2.24) is 10.2 Å². The maximum absolute atomic E-state index is 12.3. The predicted molar refractivity (Wildman–Crippen MR) is 77.4 cm³/mol. The SMILES string of the molecule is CCN(Cc1ccccc1)C(=O)C1CNCCO1.Cl. The molecule has 1 heterocycles. The van der Waals surface area contributed by atoms with Crippen LogP contribution in [0.2, 0.25) is 0 Å². The molecular formula is C14H21ClN2O2. The molecule has 0 bridgehead atoms. The minimum atomic E-state index is -0.331. The lowest BCUT2D eigenvalue weighted by atomic mass is 10.2. The molecule has 1 aromatic carbocycles. The number of carbonyl (C=O) groups is 1. The minimum absolute atomic E-state index is 0. The van der Waals surface area contributed by atoms with Gasteiger partial charge in [-0.05, 0) is 12.5 Å². The summed E-state index contributed by atoms with van der Waals surface area (Å²) in [5.74, 6) is 0.0774. The van der Waals surface area contributed by atoms with Crippen molar-refractivity contribution < 1.29 is 9.53 Å². The lowest BCUT2D eigenvalue weighted by Crippen LogP contribution is -2.49. The van der Waals surface area contributed by atoms with E-state index < -0.39 is 0 Å². The Bertz CT molecular complexity index is 380. The van der Waals surface area contributed by atoms with Crippen molar-refractivity contribution >= 4 is 18.3 Å². The third-order valence-corrected chi connectivity index (χ3v) is 3.11. The molecule has 0 aliphatic carbocycles. The summed E-state index contributed by atoms with van der Waals surface area (Å²) in [6.07, 6.45) is -0.331. The van der Waals surface area contributed by atoms with Crippen molar-refractivity contribution in [3.05, 3.63) is 35.9 Å². The van der Waals surface area contributed by atoms with Gasteiger partial charge in [-0.1, -0.05) is 30.3 Å². The summed E-state index contributed by atoms with van der Waals surface area (Å²) in [4.78, 5) is 14.1. The van der Waals surface area contributed by atoms with Crippen LogP contribution >= 0.6 is 12.4 Å². The first-order chi connectivity index (χ1) is 8.81. The van der Waals surface area contributed by atoms with Crippen molar-refractivity contribution in [3.63, 3.8) is 0 Å². The molecule has 0 saturated carbocycles. The molecule has 1 aliphatic rings. The van der Waals surface area contributed by atoms with E-state index in [9.17, 15) is 4.79 Å². The van der Waals surface area contributed by atoms with E-state index in [4.69, 9.17) is 4.74 Å². The van der Waals surface area contributed by atoms with Crippen LogP contribution in [0.5, 0.6) is 0 Å². The van der Waals surface area contributed by atoms with E-state index in [1.165, 1.54) is 0 Å². The lowest BCUT2D eigenvalue weighted by Gasteiger charge is -2.29. The van der Waals surface area contributed by atoms with Crippen LogP contribution in [0.1, 0.15) is 12.5 Å². The molecule has 19 heavy (non-hydrogen) atoms. The second-order valence-electron chi connectivity index (χ2n) is 4.40. The number of amides is 1. The van der Waals surface area contributed by atoms with Crippen molar-refractivity contribution in [2.24, 2.45) is 0 Å². The molecule has 4 nitrogen and oxygen atoms in total. The third-order valence-electron chi connectivity index (χ3n) is 3.11. The van der Waals surface area contributed by atoms with E-state index in [0.29, 0.717) is 26.2 Å². The molecule has 1 aliphatic heterocycles. The fourth-order valence-electron chi connectivity index (χ4n) is 2.08. The summed E-state index contributed by atoms with van der Waals surface area (Å²) >= 11 is 0. The molecule has 1 N–H and O–H groups in total. The Morgan fingerprint density at radius 1 is 1.42 bits per heavy atom. The average molecular weight is 285 g/mol. The highest BCUT2D eigenvalue weighted by Crippen LogP contribution is 2.08. The van der Waals surface area contributed by atoms with E-state index in [-0.39, 0.29) is 24.4 Å². The maximum atomic E-state index is 12.3. The van der Waals surface area contributed by atoms with Gasteiger partial charge >= 0.3 is 0 Å². The lowest BCUT2D eigenvalue weighted by molar-refractivity contribution is -0.145. The number of morpholine rings is 1. The maximum Gasteiger partial charge on any atom is 0.253 e. The number of ether oxygens (including phenoxy) is 1. The Balaban J connectivity index is 0.00000180. The molecule has 1 atom stereocenters. The fourth-order valence-corrected chi connectivity index (χ4v) is 2.08. The van der Waals surface area contributed by atoms with Gasteiger partial charge in [-0.3, -0.25) is 4.79 Å². The molecule has 0 spiro atoms. The van der Waals surface area contributed by atoms with Gasteiger partial charge in [-0.2, -0.15) is 0 Å². The molecule has 1 saturated heterocycles. The first kappa shape index (κ1) is 16.0. The fraction of sp³-hybridized carbons (Fsp3) is 0.500. The molecule has 1 aromatic rings. The number of rotatable bonds is 4. The number of nitrogens with zero attached hydrogens (tertiary/aromatic N) is 1. The third kappa shape index (κ3) is 4.49. The monoisotopic (exact) mass is 284 g/mol. The molecule has 106 valence electrons. The number of hydrogen-bond acceptors (Lipinski definition) is 3. The number of benzene rings is 1. The summed E-state index contributed by atoms with van der Waals surface area (Å²) in [5.41, 5.74) is 1.15. The summed E-state index contributed by atoms with van der Waals surface area (Å²) < 4.78 is 5.51.